The fraction of sp³-hybridized carbons (Fsp3) is 0.111. The molecule has 1 N–H and O–H groups in total. The van der Waals surface area contributed by atoms with Gasteiger partial charge in [-0.15, -0.1) is 0 Å². The molecule has 0 saturated heterocycles. The number of benzene rings is 1. The van der Waals surface area contributed by atoms with Crippen LogP contribution in [-0.2, 0) is 4.79 Å². The van der Waals surface area contributed by atoms with Crippen LogP contribution in [0.2, 0.25) is 5.02 Å². The molecule has 0 spiro atoms. The predicted octanol–water partition coefficient (Wildman–Crippen LogP) is 2.38. The number of carboxylic acids is 1. The summed E-state index contributed by atoms with van der Waals surface area (Å²) in [7, 11) is 0. The fourth-order valence-corrected chi connectivity index (χ4v) is 1.84. The Bertz CT molecular complexity index is 405. The first-order valence-electron chi connectivity index (χ1n) is 3.83. The molecule has 0 heterocycles. The molecular formula is C9H6BrClO4. The zero-order valence-corrected chi connectivity index (χ0v) is 9.71. The minimum atomic E-state index is -1.13. The monoisotopic (exact) mass is 292 g/mol. The Morgan fingerprint density at radius 3 is 2.80 bits per heavy atom. The Balaban J connectivity index is 3.04. The molecule has 0 radical (unpaired) electrons. The van der Waals surface area contributed by atoms with Gasteiger partial charge >= 0.3 is 5.97 Å². The molecule has 0 aliphatic rings. The maximum Gasteiger partial charge on any atom is 0.341 e. The number of rotatable bonds is 4. The van der Waals surface area contributed by atoms with Crippen LogP contribution in [0, 0.1) is 0 Å². The van der Waals surface area contributed by atoms with E-state index < -0.39 is 12.6 Å². The summed E-state index contributed by atoms with van der Waals surface area (Å²) in [5.41, 5.74) is 0.204. The Kier molecular flexibility index (Phi) is 4.11. The van der Waals surface area contributed by atoms with Gasteiger partial charge in [-0.1, -0.05) is 27.5 Å². The Labute approximate surface area is 98.9 Å². The number of halogens is 2. The maximum absolute atomic E-state index is 10.7. The van der Waals surface area contributed by atoms with Crippen LogP contribution in [0.3, 0.4) is 0 Å². The first kappa shape index (κ1) is 12.0. The quantitative estimate of drug-likeness (QED) is 0.866. The Morgan fingerprint density at radius 1 is 1.60 bits per heavy atom. The Hall–Kier alpha value is -1.07. The van der Waals surface area contributed by atoms with Crippen molar-refractivity contribution in [3.8, 4) is 5.75 Å². The number of hydrogen-bond acceptors (Lipinski definition) is 3. The molecule has 15 heavy (non-hydrogen) atoms. The second-order valence-electron chi connectivity index (χ2n) is 2.61. The van der Waals surface area contributed by atoms with Crippen LogP contribution in [0.1, 0.15) is 10.4 Å². The van der Waals surface area contributed by atoms with Crippen LogP contribution in [0.5, 0.6) is 5.75 Å². The lowest BCUT2D eigenvalue weighted by Gasteiger charge is -2.08. The molecule has 0 aromatic heterocycles. The zero-order valence-electron chi connectivity index (χ0n) is 7.37. The van der Waals surface area contributed by atoms with E-state index in [0.29, 0.717) is 10.8 Å². The van der Waals surface area contributed by atoms with Gasteiger partial charge in [0.1, 0.15) is 5.75 Å². The normalized spacial score (nSPS) is 9.73. The number of carbonyl (C=O) groups is 2. The van der Waals surface area contributed by atoms with Crippen LogP contribution in [0.15, 0.2) is 16.6 Å². The molecule has 80 valence electrons. The molecule has 0 aliphatic carbocycles. The minimum absolute atomic E-state index is 0.0808. The first-order chi connectivity index (χ1) is 7.04. The molecule has 0 amide bonds. The molecule has 6 heteroatoms. The van der Waals surface area contributed by atoms with E-state index in [0.717, 1.165) is 0 Å². The standard InChI is InChI=1S/C9H6BrClO4/c10-6-1-5(3-12)9(7(11)2-6)15-4-8(13)14/h1-3H,4H2,(H,13,14). The fourth-order valence-electron chi connectivity index (χ4n) is 0.954. The van der Waals surface area contributed by atoms with Gasteiger partial charge in [-0.3, -0.25) is 4.79 Å². The highest BCUT2D eigenvalue weighted by atomic mass is 79.9. The van der Waals surface area contributed by atoms with E-state index in [-0.39, 0.29) is 16.3 Å². The summed E-state index contributed by atoms with van der Waals surface area (Å²) in [6.07, 6.45) is 0.549. The van der Waals surface area contributed by atoms with Crippen molar-refractivity contribution >= 4 is 39.8 Å². The lowest BCUT2D eigenvalue weighted by Crippen LogP contribution is -2.10. The zero-order chi connectivity index (χ0) is 11.4. The van der Waals surface area contributed by atoms with Crippen LogP contribution < -0.4 is 4.74 Å². The van der Waals surface area contributed by atoms with Gasteiger partial charge in [0.05, 0.1) is 10.6 Å². The molecule has 0 saturated carbocycles. The molecular weight excluding hydrogens is 287 g/mol. The van der Waals surface area contributed by atoms with Crippen molar-refractivity contribution in [2.45, 2.75) is 0 Å². The van der Waals surface area contributed by atoms with Crippen molar-refractivity contribution in [3.63, 3.8) is 0 Å². The van der Waals surface area contributed by atoms with Crippen molar-refractivity contribution < 1.29 is 19.4 Å². The lowest BCUT2D eigenvalue weighted by molar-refractivity contribution is -0.139. The molecule has 1 aromatic rings. The summed E-state index contributed by atoms with van der Waals surface area (Å²) in [5.74, 6) is -1.05. The van der Waals surface area contributed by atoms with Crippen molar-refractivity contribution in [3.05, 3.63) is 27.2 Å². The summed E-state index contributed by atoms with van der Waals surface area (Å²) in [5, 5.41) is 8.61. The predicted molar refractivity (Wildman–Crippen MR) is 57.7 cm³/mol. The third kappa shape index (κ3) is 3.21. The van der Waals surface area contributed by atoms with Gasteiger partial charge < -0.3 is 9.84 Å². The van der Waals surface area contributed by atoms with E-state index in [1.54, 1.807) is 0 Å². The molecule has 0 fully saturated rings. The van der Waals surface area contributed by atoms with E-state index in [9.17, 15) is 9.59 Å². The van der Waals surface area contributed by atoms with E-state index in [1.165, 1.54) is 12.1 Å². The van der Waals surface area contributed by atoms with Gasteiger partial charge in [0.25, 0.3) is 0 Å². The topological polar surface area (TPSA) is 63.6 Å². The number of carbonyl (C=O) groups excluding carboxylic acids is 1. The summed E-state index contributed by atoms with van der Waals surface area (Å²) < 4.78 is 5.51. The van der Waals surface area contributed by atoms with Gasteiger partial charge in [-0.05, 0) is 12.1 Å². The van der Waals surface area contributed by atoms with Crippen LogP contribution in [0.25, 0.3) is 0 Å². The van der Waals surface area contributed by atoms with Crippen LogP contribution in [0.4, 0.5) is 0 Å². The summed E-state index contributed by atoms with van der Waals surface area (Å²) >= 11 is 8.94. The summed E-state index contributed by atoms with van der Waals surface area (Å²) in [6, 6.07) is 3.02. The second kappa shape index (κ2) is 5.14. The highest BCUT2D eigenvalue weighted by molar-refractivity contribution is 9.10. The third-order valence-corrected chi connectivity index (χ3v) is 2.24. The van der Waals surface area contributed by atoms with Gasteiger partial charge in [0.2, 0.25) is 0 Å². The van der Waals surface area contributed by atoms with Gasteiger partial charge in [0, 0.05) is 4.47 Å². The van der Waals surface area contributed by atoms with Crippen LogP contribution in [-0.4, -0.2) is 24.0 Å². The van der Waals surface area contributed by atoms with E-state index in [1.807, 2.05) is 0 Å². The average molecular weight is 294 g/mol. The van der Waals surface area contributed by atoms with Crippen molar-refractivity contribution in [2.24, 2.45) is 0 Å². The third-order valence-electron chi connectivity index (χ3n) is 1.50. The smallest absolute Gasteiger partial charge is 0.341 e. The number of ether oxygens (including phenoxy) is 1. The number of carboxylic acid groups (broad SMARTS) is 1. The minimum Gasteiger partial charge on any atom is -0.480 e. The van der Waals surface area contributed by atoms with E-state index in [4.69, 9.17) is 21.4 Å². The number of hydrogen-bond donors (Lipinski definition) is 1. The molecule has 0 aliphatic heterocycles. The largest absolute Gasteiger partial charge is 0.480 e. The lowest BCUT2D eigenvalue weighted by atomic mass is 10.2. The highest BCUT2D eigenvalue weighted by Crippen LogP contribution is 2.31. The van der Waals surface area contributed by atoms with E-state index in [2.05, 4.69) is 15.9 Å². The SMILES string of the molecule is O=Cc1cc(Br)cc(Cl)c1OCC(=O)O. The highest BCUT2D eigenvalue weighted by Gasteiger charge is 2.11. The second-order valence-corrected chi connectivity index (χ2v) is 3.93. The van der Waals surface area contributed by atoms with E-state index >= 15 is 0 Å². The molecule has 0 atom stereocenters. The number of aldehydes is 1. The summed E-state index contributed by atoms with van der Waals surface area (Å²) in [4.78, 5) is 21.0. The molecule has 0 unspecified atom stereocenters. The van der Waals surface area contributed by atoms with Gasteiger partial charge in [-0.2, -0.15) is 0 Å². The van der Waals surface area contributed by atoms with Crippen LogP contribution >= 0.6 is 27.5 Å². The molecule has 1 rings (SSSR count). The van der Waals surface area contributed by atoms with Crippen molar-refractivity contribution in [1.29, 1.82) is 0 Å². The van der Waals surface area contributed by atoms with Gasteiger partial charge in [0.15, 0.2) is 12.9 Å². The van der Waals surface area contributed by atoms with Crippen molar-refractivity contribution in [1.82, 2.24) is 0 Å². The van der Waals surface area contributed by atoms with Crippen molar-refractivity contribution in [2.75, 3.05) is 6.61 Å². The summed E-state index contributed by atoms with van der Waals surface area (Å²) in [6.45, 7) is -0.539. The Morgan fingerprint density at radius 2 is 2.27 bits per heavy atom. The molecule has 4 nitrogen and oxygen atoms in total. The first-order valence-corrected chi connectivity index (χ1v) is 5.00. The molecule has 1 aromatic carbocycles. The molecule has 0 bridgehead atoms. The average Bonchev–Trinajstić information content (AvgIpc) is 2.14. The van der Waals surface area contributed by atoms with Gasteiger partial charge in [-0.25, -0.2) is 4.79 Å². The maximum atomic E-state index is 10.7. The number of aliphatic carboxylic acids is 1.